The van der Waals surface area contributed by atoms with Crippen LogP contribution in [-0.4, -0.2) is 0 Å². The number of anilines is 3. The van der Waals surface area contributed by atoms with Gasteiger partial charge in [0.25, 0.3) is 0 Å². The van der Waals surface area contributed by atoms with E-state index in [-0.39, 0.29) is 10.8 Å². The number of benzene rings is 10. The molecule has 0 amide bonds. The zero-order valence-electron chi connectivity index (χ0n) is 38.5. The molecule has 10 aromatic rings. The maximum atomic E-state index is 2.46. The van der Waals surface area contributed by atoms with Crippen molar-refractivity contribution in [3.63, 3.8) is 0 Å². The molecule has 0 unspecified atom stereocenters. The molecular formula is C66H51N. The summed E-state index contributed by atoms with van der Waals surface area (Å²) in [6.07, 6.45) is 0. The van der Waals surface area contributed by atoms with E-state index in [9.17, 15) is 0 Å². The third-order valence-electron chi connectivity index (χ3n) is 14.7. The standard InChI is InChI=1S/C66H51N/c1-65(2)61-18-12-11-17-57(61)59-39-36-55(42-63(59)65)67(54-34-31-51(32-35-54)50-25-21-47(22-26-50)45-15-9-6-10-16-45)56-37-40-60-58-38-33-53(41-62(58)66(3,4)64(60)43-56)52-29-27-49(28-30-52)48-23-19-46(20-24-48)44-13-7-5-8-14-44/h5-43H,1-4H3. The van der Waals surface area contributed by atoms with Gasteiger partial charge in [-0.2, -0.15) is 0 Å². The first-order valence-electron chi connectivity index (χ1n) is 23.6. The fraction of sp³-hybridized carbons (Fsp3) is 0.0909. The molecule has 0 heterocycles. The molecule has 1 nitrogen and oxygen atoms in total. The van der Waals surface area contributed by atoms with Crippen molar-refractivity contribution in [1.82, 2.24) is 0 Å². The van der Waals surface area contributed by atoms with Crippen LogP contribution in [0.4, 0.5) is 17.1 Å². The Balaban J connectivity index is 0.882. The Morgan fingerprint density at radius 3 is 0.955 bits per heavy atom. The Bertz CT molecular complexity index is 3450. The molecule has 2 aliphatic carbocycles. The number of hydrogen-bond acceptors (Lipinski definition) is 1. The SMILES string of the molecule is CC1(C)c2ccccc2-c2ccc(N(c3ccc(-c4ccc(-c5ccccc5)cc4)cc3)c3ccc4c(c3)C(C)(C)c3cc(-c5ccc(-c6ccc(-c7ccccc7)cc6)cc5)ccc3-4)cc21. The van der Waals surface area contributed by atoms with E-state index >= 15 is 0 Å². The van der Waals surface area contributed by atoms with Crippen molar-refractivity contribution in [3.05, 3.63) is 259 Å². The van der Waals surface area contributed by atoms with Crippen molar-refractivity contribution >= 4 is 17.1 Å². The van der Waals surface area contributed by atoms with Gasteiger partial charge >= 0.3 is 0 Å². The Hall–Kier alpha value is -8.00. The predicted octanol–water partition coefficient (Wildman–Crippen LogP) is 18.1. The molecule has 0 fully saturated rings. The minimum Gasteiger partial charge on any atom is -0.310 e. The molecule has 0 aliphatic heterocycles. The molecule has 1 heteroatoms. The quantitative estimate of drug-likeness (QED) is 0.147. The van der Waals surface area contributed by atoms with Gasteiger partial charge in [0.15, 0.2) is 0 Å². The monoisotopic (exact) mass is 857 g/mol. The summed E-state index contributed by atoms with van der Waals surface area (Å²) in [4.78, 5) is 2.46. The molecule has 0 bridgehead atoms. The van der Waals surface area contributed by atoms with Gasteiger partial charge in [0.05, 0.1) is 0 Å². The lowest BCUT2D eigenvalue weighted by Gasteiger charge is -2.30. The van der Waals surface area contributed by atoms with E-state index in [2.05, 4.69) is 269 Å². The van der Waals surface area contributed by atoms with Crippen molar-refractivity contribution in [2.45, 2.75) is 38.5 Å². The van der Waals surface area contributed by atoms with Gasteiger partial charge in [0.1, 0.15) is 0 Å². The highest BCUT2D eigenvalue weighted by atomic mass is 15.1. The fourth-order valence-corrected chi connectivity index (χ4v) is 11.0. The van der Waals surface area contributed by atoms with E-state index in [1.807, 2.05) is 0 Å². The van der Waals surface area contributed by atoms with Gasteiger partial charge in [-0.1, -0.05) is 222 Å². The van der Waals surface area contributed by atoms with E-state index in [0.717, 1.165) is 17.1 Å². The lowest BCUT2D eigenvalue weighted by atomic mass is 9.81. The highest BCUT2D eigenvalue weighted by Gasteiger charge is 2.38. The van der Waals surface area contributed by atoms with Crippen LogP contribution in [0, 0.1) is 0 Å². The number of nitrogens with zero attached hydrogens (tertiary/aromatic N) is 1. The molecule has 0 saturated heterocycles. The average molecular weight is 858 g/mol. The second-order valence-corrected chi connectivity index (χ2v) is 19.4. The van der Waals surface area contributed by atoms with Crippen molar-refractivity contribution in [3.8, 4) is 77.9 Å². The van der Waals surface area contributed by atoms with E-state index < -0.39 is 0 Å². The summed E-state index contributed by atoms with van der Waals surface area (Å²) in [6.45, 7) is 9.52. The van der Waals surface area contributed by atoms with Gasteiger partial charge in [-0.25, -0.2) is 0 Å². The van der Waals surface area contributed by atoms with Crippen molar-refractivity contribution in [2.24, 2.45) is 0 Å². The van der Waals surface area contributed by atoms with Gasteiger partial charge in [0.2, 0.25) is 0 Å². The van der Waals surface area contributed by atoms with Crippen LogP contribution in [0.2, 0.25) is 0 Å². The summed E-state index contributed by atoms with van der Waals surface area (Å²) in [5, 5.41) is 0. The largest absolute Gasteiger partial charge is 0.310 e. The fourth-order valence-electron chi connectivity index (χ4n) is 11.0. The number of rotatable bonds is 8. The average Bonchev–Trinajstić information content (AvgIpc) is 3.75. The van der Waals surface area contributed by atoms with E-state index in [1.54, 1.807) is 0 Å². The molecular weight excluding hydrogens is 807 g/mol. The Kier molecular flexibility index (Phi) is 9.59. The highest BCUT2D eigenvalue weighted by Crippen LogP contribution is 2.54. The van der Waals surface area contributed by atoms with Crippen LogP contribution in [0.1, 0.15) is 49.9 Å². The van der Waals surface area contributed by atoms with Crippen LogP contribution in [0.3, 0.4) is 0 Å². The van der Waals surface area contributed by atoms with E-state index in [1.165, 1.54) is 100 Å². The minimum atomic E-state index is -0.208. The first kappa shape index (κ1) is 40.5. The highest BCUT2D eigenvalue weighted by molar-refractivity contribution is 5.90. The maximum absolute atomic E-state index is 2.46. The second kappa shape index (κ2) is 15.9. The van der Waals surface area contributed by atoms with Crippen LogP contribution in [-0.2, 0) is 10.8 Å². The van der Waals surface area contributed by atoms with Gasteiger partial charge in [-0.05, 0) is 143 Å². The number of fused-ring (bicyclic) bond motifs is 6. The van der Waals surface area contributed by atoms with Crippen LogP contribution in [0.5, 0.6) is 0 Å². The molecule has 0 saturated carbocycles. The minimum absolute atomic E-state index is 0.114. The Morgan fingerprint density at radius 1 is 0.224 bits per heavy atom. The van der Waals surface area contributed by atoms with Crippen molar-refractivity contribution in [1.29, 1.82) is 0 Å². The molecule has 0 aromatic heterocycles. The van der Waals surface area contributed by atoms with Crippen LogP contribution in [0.15, 0.2) is 237 Å². The molecule has 2 aliphatic rings. The topological polar surface area (TPSA) is 3.24 Å². The normalized spacial score (nSPS) is 13.6. The molecule has 0 atom stereocenters. The molecule has 0 N–H and O–H groups in total. The summed E-state index contributed by atoms with van der Waals surface area (Å²) in [6, 6.07) is 87.4. The summed E-state index contributed by atoms with van der Waals surface area (Å²) in [5.41, 5.74) is 26.1. The lowest BCUT2D eigenvalue weighted by Crippen LogP contribution is -2.18. The van der Waals surface area contributed by atoms with Crippen molar-refractivity contribution < 1.29 is 0 Å². The lowest BCUT2D eigenvalue weighted by molar-refractivity contribution is 0.660. The van der Waals surface area contributed by atoms with Gasteiger partial charge in [0, 0.05) is 27.9 Å². The summed E-state index contributed by atoms with van der Waals surface area (Å²) < 4.78 is 0. The zero-order valence-corrected chi connectivity index (χ0v) is 38.5. The van der Waals surface area contributed by atoms with E-state index in [0.29, 0.717) is 0 Å². The maximum Gasteiger partial charge on any atom is 0.0465 e. The van der Waals surface area contributed by atoms with Gasteiger partial charge in [-0.3, -0.25) is 0 Å². The van der Waals surface area contributed by atoms with Crippen LogP contribution < -0.4 is 4.90 Å². The smallest absolute Gasteiger partial charge is 0.0465 e. The first-order chi connectivity index (χ1) is 32.7. The molecule has 67 heavy (non-hydrogen) atoms. The molecule has 0 spiro atoms. The van der Waals surface area contributed by atoms with E-state index in [4.69, 9.17) is 0 Å². The first-order valence-corrected chi connectivity index (χ1v) is 23.6. The Labute approximate surface area is 395 Å². The van der Waals surface area contributed by atoms with Crippen LogP contribution in [0.25, 0.3) is 77.9 Å². The summed E-state index contributed by atoms with van der Waals surface area (Å²) in [7, 11) is 0. The summed E-state index contributed by atoms with van der Waals surface area (Å²) in [5.74, 6) is 0. The molecule has 10 aromatic carbocycles. The van der Waals surface area contributed by atoms with Crippen molar-refractivity contribution in [2.75, 3.05) is 4.90 Å². The molecule has 0 radical (unpaired) electrons. The second-order valence-electron chi connectivity index (χ2n) is 19.4. The van der Waals surface area contributed by atoms with Gasteiger partial charge < -0.3 is 4.90 Å². The van der Waals surface area contributed by atoms with Gasteiger partial charge in [-0.15, -0.1) is 0 Å². The molecule has 320 valence electrons. The summed E-state index contributed by atoms with van der Waals surface area (Å²) >= 11 is 0. The van der Waals surface area contributed by atoms with Crippen LogP contribution >= 0.6 is 0 Å². The molecule has 12 rings (SSSR count). The third-order valence-corrected chi connectivity index (χ3v) is 14.7. The predicted molar refractivity (Wildman–Crippen MR) is 283 cm³/mol. The number of hydrogen-bond donors (Lipinski definition) is 0. The third kappa shape index (κ3) is 6.93. The zero-order chi connectivity index (χ0) is 45.3. The Morgan fingerprint density at radius 2 is 0.507 bits per heavy atom.